The van der Waals surface area contributed by atoms with Crippen molar-refractivity contribution in [3.05, 3.63) is 41.6 Å². The maximum Gasteiger partial charge on any atom is 0.220 e. The first kappa shape index (κ1) is 14.5. The fourth-order valence-electron chi connectivity index (χ4n) is 1.93. The van der Waals surface area contributed by atoms with E-state index in [-0.39, 0.29) is 5.75 Å². The minimum Gasteiger partial charge on any atom is -0.508 e. The molecule has 2 rings (SSSR count). The van der Waals surface area contributed by atoms with Crippen LogP contribution in [0.25, 0.3) is 0 Å². The lowest BCUT2D eigenvalue weighted by molar-refractivity contribution is 0.445. The highest BCUT2D eigenvalue weighted by Gasteiger charge is 2.07. The average molecular weight is 275 g/mol. The molecule has 0 saturated heterocycles. The van der Waals surface area contributed by atoms with E-state index >= 15 is 0 Å². The van der Waals surface area contributed by atoms with Crippen LogP contribution in [-0.4, -0.2) is 27.9 Å². The van der Waals surface area contributed by atoms with Crippen molar-refractivity contribution >= 4 is 0 Å². The van der Waals surface area contributed by atoms with Gasteiger partial charge in [0.15, 0.2) is 0 Å². The van der Waals surface area contributed by atoms with E-state index in [0.29, 0.717) is 24.2 Å². The lowest BCUT2D eigenvalue weighted by atomic mass is 10.1. The molecule has 0 atom stereocenters. The summed E-state index contributed by atoms with van der Waals surface area (Å²) in [5.41, 5.74) is 0.960. The second-order valence-electron chi connectivity index (χ2n) is 5.15. The number of aromatic nitrogens is 2. The first-order valence-corrected chi connectivity index (χ1v) is 6.96. The van der Waals surface area contributed by atoms with Crippen LogP contribution in [0.2, 0.25) is 0 Å². The summed E-state index contributed by atoms with van der Waals surface area (Å²) in [6, 6.07) is 7.58. The zero-order valence-electron chi connectivity index (χ0n) is 12.0. The molecule has 0 aliphatic heterocycles. The average Bonchev–Trinajstić information content (AvgIpc) is 2.82. The molecule has 20 heavy (non-hydrogen) atoms. The van der Waals surface area contributed by atoms with Crippen LogP contribution in [0, 0.1) is 0 Å². The summed E-state index contributed by atoms with van der Waals surface area (Å²) in [5.74, 6) is 1.51. The van der Waals surface area contributed by atoms with Crippen molar-refractivity contribution in [2.75, 3.05) is 6.54 Å². The number of aryl methyl sites for hydroxylation is 1. The van der Waals surface area contributed by atoms with Crippen LogP contribution in [0.3, 0.4) is 0 Å². The molecule has 0 spiro atoms. The third kappa shape index (κ3) is 4.66. The second kappa shape index (κ2) is 7.05. The van der Waals surface area contributed by atoms with Gasteiger partial charge in [0.1, 0.15) is 5.75 Å². The van der Waals surface area contributed by atoms with E-state index in [1.54, 1.807) is 18.2 Å². The molecule has 0 saturated carbocycles. The van der Waals surface area contributed by atoms with E-state index in [9.17, 15) is 5.11 Å². The van der Waals surface area contributed by atoms with Gasteiger partial charge in [0.25, 0.3) is 0 Å². The van der Waals surface area contributed by atoms with Crippen molar-refractivity contribution in [1.82, 2.24) is 15.5 Å². The predicted octanol–water partition coefficient (Wildman–Crippen LogP) is 2.30. The van der Waals surface area contributed by atoms with Gasteiger partial charge >= 0.3 is 0 Å². The quantitative estimate of drug-likeness (QED) is 0.759. The van der Waals surface area contributed by atoms with Crippen molar-refractivity contribution < 1.29 is 9.52 Å². The molecule has 0 fully saturated rings. The fraction of sp³-hybridized carbons (Fsp3) is 0.467. The molecular formula is C15H21N3O2. The summed E-state index contributed by atoms with van der Waals surface area (Å²) in [5, 5.41) is 20.8. The van der Waals surface area contributed by atoms with E-state index in [0.717, 1.165) is 24.9 Å². The number of nitrogens with one attached hydrogen (secondary N) is 1. The largest absolute Gasteiger partial charge is 0.508 e. The molecule has 0 bridgehead atoms. The molecule has 5 nitrogen and oxygen atoms in total. The highest BCUT2D eigenvalue weighted by atomic mass is 16.4. The van der Waals surface area contributed by atoms with E-state index in [4.69, 9.17) is 4.42 Å². The zero-order valence-corrected chi connectivity index (χ0v) is 12.0. The van der Waals surface area contributed by atoms with Crippen LogP contribution in [-0.2, 0) is 12.8 Å². The van der Waals surface area contributed by atoms with Crippen molar-refractivity contribution in [1.29, 1.82) is 0 Å². The minimum atomic E-state index is 0.252. The molecule has 1 aromatic heterocycles. The smallest absolute Gasteiger partial charge is 0.220 e. The maximum absolute atomic E-state index is 9.41. The van der Waals surface area contributed by atoms with Gasteiger partial charge in [0.2, 0.25) is 11.8 Å². The Morgan fingerprint density at radius 3 is 2.80 bits per heavy atom. The summed E-state index contributed by atoms with van der Waals surface area (Å²) in [4.78, 5) is 0. The van der Waals surface area contributed by atoms with Crippen LogP contribution >= 0.6 is 0 Å². The second-order valence-corrected chi connectivity index (χ2v) is 5.15. The van der Waals surface area contributed by atoms with Crippen LogP contribution < -0.4 is 5.32 Å². The number of hydrogen-bond donors (Lipinski definition) is 2. The van der Waals surface area contributed by atoms with Gasteiger partial charge in [0.05, 0.1) is 6.42 Å². The van der Waals surface area contributed by atoms with Gasteiger partial charge in [-0.3, -0.25) is 0 Å². The van der Waals surface area contributed by atoms with Crippen molar-refractivity contribution in [3.8, 4) is 5.75 Å². The number of phenols is 1. The number of aromatic hydroxyl groups is 1. The van der Waals surface area contributed by atoms with Crippen LogP contribution in [0.4, 0.5) is 0 Å². The predicted molar refractivity (Wildman–Crippen MR) is 76.7 cm³/mol. The molecule has 0 radical (unpaired) electrons. The van der Waals surface area contributed by atoms with Gasteiger partial charge in [-0.1, -0.05) is 26.0 Å². The van der Waals surface area contributed by atoms with Gasteiger partial charge in [-0.2, -0.15) is 0 Å². The zero-order chi connectivity index (χ0) is 14.4. The molecule has 2 N–H and O–H groups in total. The Hall–Kier alpha value is -1.88. The Bertz CT molecular complexity index is 537. The molecule has 0 unspecified atom stereocenters. The first-order chi connectivity index (χ1) is 9.63. The van der Waals surface area contributed by atoms with Crippen LogP contribution in [0.15, 0.2) is 28.7 Å². The number of phenolic OH excluding ortho intramolecular Hbond substituents is 1. The number of nitrogens with zero attached hydrogens (tertiary/aromatic N) is 2. The number of hydrogen-bond acceptors (Lipinski definition) is 5. The topological polar surface area (TPSA) is 71.2 Å². The van der Waals surface area contributed by atoms with E-state index in [1.165, 1.54) is 0 Å². The SMILES string of the molecule is CC(C)NCCCc1nnc(Cc2cccc(O)c2)o1. The molecule has 1 aromatic carbocycles. The van der Waals surface area contributed by atoms with E-state index in [1.807, 2.05) is 6.07 Å². The normalized spacial score (nSPS) is 11.2. The summed E-state index contributed by atoms with van der Waals surface area (Å²) >= 11 is 0. The van der Waals surface area contributed by atoms with Gasteiger partial charge in [-0.25, -0.2) is 0 Å². The summed E-state index contributed by atoms with van der Waals surface area (Å²) in [6.07, 6.45) is 2.31. The Kier molecular flexibility index (Phi) is 5.12. The summed E-state index contributed by atoms with van der Waals surface area (Å²) in [7, 11) is 0. The molecule has 1 heterocycles. The van der Waals surface area contributed by atoms with Gasteiger partial charge in [0, 0.05) is 12.5 Å². The summed E-state index contributed by atoms with van der Waals surface area (Å²) < 4.78 is 5.60. The van der Waals surface area contributed by atoms with E-state index in [2.05, 4.69) is 29.4 Å². The highest BCUT2D eigenvalue weighted by Crippen LogP contribution is 2.14. The summed E-state index contributed by atoms with van der Waals surface area (Å²) in [6.45, 7) is 5.20. The van der Waals surface area contributed by atoms with E-state index < -0.39 is 0 Å². The van der Waals surface area contributed by atoms with Crippen molar-refractivity contribution in [2.24, 2.45) is 0 Å². The number of benzene rings is 1. The maximum atomic E-state index is 9.41. The molecular weight excluding hydrogens is 254 g/mol. The molecule has 108 valence electrons. The molecule has 5 heteroatoms. The van der Waals surface area contributed by atoms with Gasteiger partial charge in [-0.05, 0) is 30.7 Å². The third-order valence-corrected chi connectivity index (χ3v) is 2.89. The first-order valence-electron chi connectivity index (χ1n) is 6.96. The van der Waals surface area contributed by atoms with Gasteiger partial charge in [-0.15, -0.1) is 10.2 Å². The standard InChI is InChI=1S/C15H21N3O2/c1-11(2)16-8-4-7-14-17-18-15(20-14)10-12-5-3-6-13(19)9-12/h3,5-6,9,11,16,19H,4,7-8,10H2,1-2H3. The van der Waals surface area contributed by atoms with Gasteiger partial charge < -0.3 is 14.8 Å². The minimum absolute atomic E-state index is 0.252. The molecule has 0 amide bonds. The Labute approximate surface area is 119 Å². The van der Waals surface area contributed by atoms with Crippen molar-refractivity contribution in [2.45, 2.75) is 39.2 Å². The Morgan fingerprint density at radius 1 is 1.25 bits per heavy atom. The Morgan fingerprint density at radius 2 is 2.05 bits per heavy atom. The Balaban J connectivity index is 1.83. The van der Waals surface area contributed by atoms with Crippen molar-refractivity contribution in [3.63, 3.8) is 0 Å². The highest BCUT2D eigenvalue weighted by molar-refractivity contribution is 5.28. The fourth-order valence-corrected chi connectivity index (χ4v) is 1.93. The lowest BCUT2D eigenvalue weighted by Crippen LogP contribution is -2.23. The lowest BCUT2D eigenvalue weighted by Gasteiger charge is -2.05. The third-order valence-electron chi connectivity index (χ3n) is 2.89. The van der Waals surface area contributed by atoms with Crippen LogP contribution in [0.5, 0.6) is 5.75 Å². The molecule has 0 aliphatic carbocycles. The number of rotatable bonds is 7. The molecule has 2 aromatic rings. The monoisotopic (exact) mass is 275 g/mol. The van der Waals surface area contributed by atoms with Crippen LogP contribution in [0.1, 0.15) is 37.6 Å². The molecule has 0 aliphatic rings.